The monoisotopic (exact) mass is 381 g/mol. The Balaban J connectivity index is 1.99. The van der Waals surface area contributed by atoms with Gasteiger partial charge in [0.1, 0.15) is 12.4 Å². The van der Waals surface area contributed by atoms with Crippen molar-refractivity contribution in [3.8, 4) is 0 Å². The average Bonchev–Trinajstić information content (AvgIpc) is 3.08. The van der Waals surface area contributed by atoms with Crippen molar-refractivity contribution in [2.75, 3.05) is 18.6 Å². The number of hydrogen-bond acceptors (Lipinski definition) is 6. The Labute approximate surface area is 157 Å². The highest BCUT2D eigenvalue weighted by atomic mass is 32.2. The number of thiazole rings is 1. The van der Waals surface area contributed by atoms with Crippen molar-refractivity contribution < 1.29 is 0 Å². The number of nitrogens with zero attached hydrogens (tertiary/aromatic N) is 5. The van der Waals surface area contributed by atoms with E-state index in [-0.39, 0.29) is 0 Å². The topological polar surface area (TPSA) is 80.0 Å². The first kappa shape index (κ1) is 19.7. The zero-order valence-electron chi connectivity index (χ0n) is 15.6. The zero-order chi connectivity index (χ0) is 18.2. The molecule has 0 saturated heterocycles. The molecule has 0 saturated carbocycles. The number of thioether (sulfide) groups is 1. The second-order valence-electron chi connectivity index (χ2n) is 5.76. The van der Waals surface area contributed by atoms with E-state index in [1.54, 1.807) is 11.3 Å². The lowest BCUT2D eigenvalue weighted by Gasteiger charge is -2.12. The number of aryl methyl sites for hydroxylation is 3. The van der Waals surface area contributed by atoms with Crippen molar-refractivity contribution in [2.24, 2.45) is 12.0 Å². The summed E-state index contributed by atoms with van der Waals surface area (Å²) in [7, 11) is 1.96. The van der Waals surface area contributed by atoms with Crippen LogP contribution in [-0.4, -0.2) is 44.3 Å². The number of nitrogens with one attached hydrogen (secondary N) is 2. The first-order valence-electron chi connectivity index (χ1n) is 8.30. The maximum Gasteiger partial charge on any atom is 0.192 e. The van der Waals surface area contributed by atoms with Gasteiger partial charge >= 0.3 is 0 Å². The molecular formula is C16H27N7S2. The van der Waals surface area contributed by atoms with Gasteiger partial charge in [-0.3, -0.25) is 0 Å². The van der Waals surface area contributed by atoms with Crippen LogP contribution in [0.15, 0.2) is 4.99 Å². The standard InChI is InChI=1S/C16H27N7S2/c1-11-14(25-13(3)20-11)9-18-16(17-7-6-8-24-5)19-10-15-22-21-12(2)23(15)4/h6-10H2,1-5H3,(H2,17,18,19). The third-order valence-corrected chi connectivity index (χ3v) is 5.56. The van der Waals surface area contributed by atoms with Crippen LogP contribution >= 0.6 is 23.1 Å². The van der Waals surface area contributed by atoms with Gasteiger partial charge in [0.25, 0.3) is 0 Å². The van der Waals surface area contributed by atoms with Crippen LogP contribution in [0.4, 0.5) is 0 Å². The number of guanidine groups is 1. The fraction of sp³-hybridized carbons (Fsp3) is 0.625. The molecule has 0 amide bonds. The molecule has 138 valence electrons. The predicted molar refractivity (Wildman–Crippen MR) is 106 cm³/mol. The van der Waals surface area contributed by atoms with Crippen molar-refractivity contribution in [1.82, 2.24) is 30.4 Å². The fourth-order valence-corrected chi connectivity index (χ4v) is 3.55. The Morgan fingerprint density at radius 2 is 2.04 bits per heavy atom. The highest BCUT2D eigenvalue weighted by molar-refractivity contribution is 7.98. The zero-order valence-corrected chi connectivity index (χ0v) is 17.2. The Kier molecular flexibility index (Phi) is 7.70. The molecule has 0 radical (unpaired) electrons. The van der Waals surface area contributed by atoms with Crippen LogP contribution in [0.1, 0.15) is 33.6 Å². The molecule has 25 heavy (non-hydrogen) atoms. The van der Waals surface area contributed by atoms with Crippen molar-refractivity contribution in [2.45, 2.75) is 40.3 Å². The van der Waals surface area contributed by atoms with Crippen LogP contribution < -0.4 is 10.6 Å². The third kappa shape index (κ3) is 6.00. The van der Waals surface area contributed by atoms with E-state index in [2.05, 4.69) is 37.1 Å². The second-order valence-corrected chi connectivity index (χ2v) is 8.03. The molecule has 0 spiro atoms. The summed E-state index contributed by atoms with van der Waals surface area (Å²) in [4.78, 5) is 10.4. The smallest absolute Gasteiger partial charge is 0.192 e. The van der Waals surface area contributed by atoms with Gasteiger partial charge < -0.3 is 15.2 Å². The van der Waals surface area contributed by atoms with Crippen LogP contribution in [0.25, 0.3) is 0 Å². The molecule has 2 heterocycles. The van der Waals surface area contributed by atoms with E-state index < -0.39 is 0 Å². The first-order valence-corrected chi connectivity index (χ1v) is 10.5. The molecule has 0 aliphatic heterocycles. The molecule has 0 unspecified atom stereocenters. The Bertz CT molecular complexity index is 705. The summed E-state index contributed by atoms with van der Waals surface area (Å²) in [6.07, 6.45) is 3.22. The normalized spacial score (nSPS) is 11.8. The van der Waals surface area contributed by atoms with Gasteiger partial charge in [0.15, 0.2) is 11.8 Å². The van der Waals surface area contributed by atoms with Gasteiger partial charge in [-0.1, -0.05) is 0 Å². The lowest BCUT2D eigenvalue weighted by molar-refractivity contribution is 0.746. The van der Waals surface area contributed by atoms with Crippen LogP contribution in [0.5, 0.6) is 0 Å². The molecular weight excluding hydrogens is 354 g/mol. The molecule has 7 nitrogen and oxygen atoms in total. The highest BCUT2D eigenvalue weighted by Gasteiger charge is 2.08. The lowest BCUT2D eigenvalue weighted by Crippen LogP contribution is -2.37. The van der Waals surface area contributed by atoms with Crippen LogP contribution in [0.3, 0.4) is 0 Å². The summed E-state index contributed by atoms with van der Waals surface area (Å²) >= 11 is 3.58. The van der Waals surface area contributed by atoms with Crippen LogP contribution in [0.2, 0.25) is 0 Å². The van der Waals surface area contributed by atoms with Gasteiger partial charge in [-0.15, -0.1) is 21.5 Å². The number of rotatable bonds is 8. The summed E-state index contributed by atoms with van der Waals surface area (Å²) < 4.78 is 1.96. The summed E-state index contributed by atoms with van der Waals surface area (Å²) in [6.45, 7) is 8.14. The van der Waals surface area contributed by atoms with Gasteiger partial charge in [0.2, 0.25) is 0 Å². The van der Waals surface area contributed by atoms with Gasteiger partial charge in [-0.2, -0.15) is 11.8 Å². The van der Waals surface area contributed by atoms with Crippen molar-refractivity contribution in [3.63, 3.8) is 0 Å². The number of aliphatic imine (C=N–C) groups is 1. The number of aromatic nitrogens is 4. The Hall–Kier alpha value is -1.61. The van der Waals surface area contributed by atoms with E-state index in [1.807, 2.05) is 44.1 Å². The fourth-order valence-electron chi connectivity index (χ4n) is 2.24. The maximum atomic E-state index is 4.67. The molecule has 0 bridgehead atoms. The van der Waals surface area contributed by atoms with Crippen LogP contribution in [-0.2, 0) is 20.1 Å². The predicted octanol–water partition coefficient (Wildman–Crippen LogP) is 2.19. The number of hydrogen-bond donors (Lipinski definition) is 2. The van der Waals surface area contributed by atoms with E-state index in [9.17, 15) is 0 Å². The van der Waals surface area contributed by atoms with E-state index in [1.165, 1.54) is 4.88 Å². The minimum atomic E-state index is 0.496. The summed E-state index contributed by atoms with van der Waals surface area (Å²) in [5.41, 5.74) is 1.08. The quantitative estimate of drug-likeness (QED) is 0.414. The Morgan fingerprint density at radius 3 is 2.64 bits per heavy atom. The van der Waals surface area contributed by atoms with E-state index in [0.717, 1.165) is 53.6 Å². The molecule has 2 aromatic heterocycles. The molecule has 2 N–H and O–H groups in total. The van der Waals surface area contributed by atoms with E-state index in [0.29, 0.717) is 6.54 Å². The lowest BCUT2D eigenvalue weighted by atomic mass is 10.4. The van der Waals surface area contributed by atoms with E-state index in [4.69, 9.17) is 0 Å². The highest BCUT2D eigenvalue weighted by Crippen LogP contribution is 2.16. The largest absolute Gasteiger partial charge is 0.356 e. The molecule has 0 aliphatic rings. The van der Waals surface area contributed by atoms with Gasteiger partial charge in [0, 0.05) is 18.5 Å². The van der Waals surface area contributed by atoms with Crippen LogP contribution in [0, 0.1) is 20.8 Å². The molecule has 9 heteroatoms. The third-order valence-electron chi connectivity index (χ3n) is 3.79. The van der Waals surface area contributed by atoms with Crippen molar-refractivity contribution in [3.05, 3.63) is 27.2 Å². The molecule has 2 rings (SSSR count). The second kappa shape index (κ2) is 9.76. The van der Waals surface area contributed by atoms with Gasteiger partial charge in [0.05, 0.1) is 17.2 Å². The van der Waals surface area contributed by atoms with E-state index >= 15 is 0 Å². The summed E-state index contributed by atoms with van der Waals surface area (Å²) in [6, 6.07) is 0. The first-order chi connectivity index (χ1) is 12.0. The summed E-state index contributed by atoms with van der Waals surface area (Å²) in [5, 5.41) is 16.2. The molecule has 0 aromatic carbocycles. The minimum absolute atomic E-state index is 0.496. The summed E-state index contributed by atoms with van der Waals surface area (Å²) in [5.74, 6) is 3.68. The van der Waals surface area contributed by atoms with Gasteiger partial charge in [-0.25, -0.2) is 9.98 Å². The maximum absolute atomic E-state index is 4.67. The van der Waals surface area contributed by atoms with Gasteiger partial charge in [-0.05, 0) is 39.2 Å². The average molecular weight is 382 g/mol. The molecule has 0 atom stereocenters. The molecule has 0 fully saturated rings. The minimum Gasteiger partial charge on any atom is -0.356 e. The Morgan fingerprint density at radius 1 is 1.24 bits per heavy atom. The van der Waals surface area contributed by atoms with Crippen molar-refractivity contribution >= 4 is 29.1 Å². The SMILES string of the molecule is CSCCCNC(=NCc1nnc(C)n1C)NCc1sc(C)nc1C. The molecule has 2 aromatic rings. The van der Waals surface area contributed by atoms with Crippen molar-refractivity contribution in [1.29, 1.82) is 0 Å². The molecule has 0 aliphatic carbocycles.